The molecule has 2 amide bonds. The summed E-state index contributed by atoms with van der Waals surface area (Å²) in [5.74, 6) is -1.16. The fourth-order valence-electron chi connectivity index (χ4n) is 4.87. The van der Waals surface area contributed by atoms with Gasteiger partial charge in [0, 0.05) is 30.6 Å². The predicted octanol–water partition coefficient (Wildman–Crippen LogP) is 5.47. The molecule has 0 aliphatic heterocycles. The summed E-state index contributed by atoms with van der Waals surface area (Å²) in [6.07, 6.45) is 0.172. The van der Waals surface area contributed by atoms with E-state index in [2.05, 4.69) is 5.32 Å². The van der Waals surface area contributed by atoms with Crippen LogP contribution in [0.4, 0.5) is 10.1 Å². The van der Waals surface area contributed by atoms with Crippen molar-refractivity contribution >= 4 is 39.1 Å². The van der Waals surface area contributed by atoms with Crippen molar-refractivity contribution in [1.82, 2.24) is 10.2 Å². The fourth-order valence-corrected chi connectivity index (χ4v) is 6.43. The van der Waals surface area contributed by atoms with Gasteiger partial charge in [0.2, 0.25) is 11.8 Å². The molecule has 0 aromatic heterocycles. The molecule has 4 aromatic carbocycles. The zero-order valence-electron chi connectivity index (χ0n) is 25.7. The first-order valence-corrected chi connectivity index (χ1v) is 16.2. The molecular weight excluding hydrogens is 633 g/mol. The molecule has 9 nitrogen and oxygen atoms in total. The molecule has 0 aliphatic carbocycles. The fraction of sp³-hybridized carbons (Fsp3) is 0.235. The molecule has 0 aliphatic rings. The number of carbonyl (C=O) groups excluding carboxylic acids is 2. The second kappa shape index (κ2) is 15.6. The molecule has 0 heterocycles. The predicted molar refractivity (Wildman–Crippen MR) is 175 cm³/mol. The summed E-state index contributed by atoms with van der Waals surface area (Å²) in [7, 11) is -1.64. The third-order valence-corrected chi connectivity index (χ3v) is 9.25. The summed E-state index contributed by atoms with van der Waals surface area (Å²) in [5, 5.41) is 3.31. The average molecular weight is 668 g/mol. The maximum Gasteiger partial charge on any atom is 0.264 e. The van der Waals surface area contributed by atoms with Crippen LogP contribution in [0.5, 0.6) is 11.5 Å². The van der Waals surface area contributed by atoms with Gasteiger partial charge in [-0.2, -0.15) is 0 Å². The quantitative estimate of drug-likeness (QED) is 0.191. The largest absolute Gasteiger partial charge is 0.493 e. The van der Waals surface area contributed by atoms with E-state index < -0.39 is 40.2 Å². The number of methoxy groups -OCH3 is 2. The number of anilines is 1. The molecule has 0 radical (unpaired) electrons. The topological polar surface area (TPSA) is 105 Å². The van der Waals surface area contributed by atoms with Gasteiger partial charge in [0.1, 0.15) is 18.4 Å². The van der Waals surface area contributed by atoms with Crippen LogP contribution in [0.2, 0.25) is 5.02 Å². The highest BCUT2D eigenvalue weighted by molar-refractivity contribution is 7.92. The minimum Gasteiger partial charge on any atom is -0.493 e. The maximum atomic E-state index is 14.4. The number of rotatable bonds is 14. The highest BCUT2D eigenvalue weighted by Crippen LogP contribution is 2.32. The van der Waals surface area contributed by atoms with Crippen molar-refractivity contribution in [3.05, 3.63) is 119 Å². The zero-order valence-corrected chi connectivity index (χ0v) is 27.2. The van der Waals surface area contributed by atoms with Gasteiger partial charge in [-0.25, -0.2) is 12.8 Å². The lowest BCUT2D eigenvalue weighted by atomic mass is 10.0. The highest BCUT2D eigenvalue weighted by Gasteiger charge is 2.35. The van der Waals surface area contributed by atoms with E-state index in [1.807, 2.05) is 30.3 Å². The van der Waals surface area contributed by atoms with E-state index in [-0.39, 0.29) is 29.3 Å². The molecule has 0 saturated heterocycles. The third kappa shape index (κ3) is 8.35. The number of hydrogen-bond acceptors (Lipinski definition) is 6. The molecule has 0 spiro atoms. The standard InChI is InChI=1S/C34H35ClFN3O6S/c1-4-37-34(41)30(20-24-8-6-5-7-9-24)38(22-25-10-12-26(35)13-11-25)33(40)23-39(28-16-14-27(36)15-17-28)46(42,43)29-18-19-31(44-2)32(21-29)45-3/h5-19,21,30H,4,20,22-23H2,1-3H3,(H,37,41). The summed E-state index contributed by atoms with van der Waals surface area (Å²) in [5.41, 5.74) is 1.53. The van der Waals surface area contributed by atoms with Gasteiger partial charge in [0.15, 0.2) is 11.5 Å². The summed E-state index contributed by atoms with van der Waals surface area (Å²) in [6, 6.07) is 23.8. The summed E-state index contributed by atoms with van der Waals surface area (Å²) in [4.78, 5) is 29.1. The Kier molecular flexibility index (Phi) is 11.6. The van der Waals surface area contributed by atoms with Crippen molar-refractivity contribution < 1.29 is 31.9 Å². The normalized spacial score (nSPS) is 11.8. The van der Waals surface area contributed by atoms with E-state index in [4.69, 9.17) is 21.1 Å². The number of nitrogens with zero attached hydrogens (tertiary/aromatic N) is 2. The van der Waals surface area contributed by atoms with E-state index in [0.717, 1.165) is 22.0 Å². The molecule has 4 rings (SSSR count). The van der Waals surface area contributed by atoms with E-state index >= 15 is 0 Å². The van der Waals surface area contributed by atoms with Crippen molar-refractivity contribution in [1.29, 1.82) is 0 Å². The molecule has 242 valence electrons. The van der Waals surface area contributed by atoms with Gasteiger partial charge in [-0.15, -0.1) is 0 Å². The van der Waals surface area contributed by atoms with E-state index in [1.54, 1.807) is 31.2 Å². The minimum absolute atomic E-state index is 0.0156. The van der Waals surface area contributed by atoms with Crippen LogP contribution in [0.15, 0.2) is 102 Å². The van der Waals surface area contributed by atoms with Gasteiger partial charge in [-0.3, -0.25) is 13.9 Å². The third-order valence-electron chi connectivity index (χ3n) is 7.22. The average Bonchev–Trinajstić information content (AvgIpc) is 3.06. The van der Waals surface area contributed by atoms with E-state index in [9.17, 15) is 22.4 Å². The molecular formula is C34H35ClFN3O6S. The second-order valence-corrected chi connectivity index (χ2v) is 12.6. The number of carbonyl (C=O) groups is 2. The Morgan fingerprint density at radius 1 is 0.870 bits per heavy atom. The zero-order chi connectivity index (χ0) is 33.3. The number of benzene rings is 4. The van der Waals surface area contributed by atoms with Gasteiger partial charge in [0.25, 0.3) is 10.0 Å². The van der Waals surface area contributed by atoms with Gasteiger partial charge >= 0.3 is 0 Å². The number of amides is 2. The molecule has 1 N–H and O–H groups in total. The first-order valence-electron chi connectivity index (χ1n) is 14.4. The summed E-state index contributed by atoms with van der Waals surface area (Å²) < 4.78 is 53.8. The van der Waals surface area contributed by atoms with Gasteiger partial charge < -0.3 is 19.7 Å². The van der Waals surface area contributed by atoms with Crippen LogP contribution < -0.4 is 19.1 Å². The lowest BCUT2D eigenvalue weighted by molar-refractivity contribution is -0.140. The minimum atomic E-state index is -4.44. The first kappa shape index (κ1) is 34.3. The molecule has 12 heteroatoms. The molecule has 1 unspecified atom stereocenters. The van der Waals surface area contributed by atoms with E-state index in [0.29, 0.717) is 22.9 Å². The molecule has 4 aromatic rings. The van der Waals surface area contributed by atoms with Crippen LogP contribution in [0.1, 0.15) is 18.1 Å². The smallest absolute Gasteiger partial charge is 0.264 e. The lowest BCUT2D eigenvalue weighted by Gasteiger charge is -2.34. The Labute approximate surface area is 273 Å². The Morgan fingerprint density at radius 3 is 2.13 bits per heavy atom. The second-order valence-electron chi connectivity index (χ2n) is 10.3. The Morgan fingerprint density at radius 2 is 1.52 bits per heavy atom. The molecule has 0 saturated carbocycles. The van der Waals surface area contributed by atoms with Crippen molar-refractivity contribution in [2.45, 2.75) is 30.8 Å². The SMILES string of the molecule is CCNC(=O)C(Cc1ccccc1)N(Cc1ccc(Cl)cc1)C(=O)CN(c1ccc(F)cc1)S(=O)(=O)c1ccc(OC)c(OC)c1. The Bertz CT molecular complexity index is 1740. The molecule has 0 bridgehead atoms. The number of halogens is 2. The van der Waals surface area contributed by atoms with Crippen molar-refractivity contribution in [2.24, 2.45) is 0 Å². The number of nitrogens with one attached hydrogen (secondary N) is 1. The number of hydrogen-bond donors (Lipinski definition) is 1. The van der Waals surface area contributed by atoms with Crippen LogP contribution in [0.25, 0.3) is 0 Å². The molecule has 0 fully saturated rings. The van der Waals surface area contributed by atoms with Gasteiger partial charge in [-0.1, -0.05) is 54.1 Å². The first-order chi connectivity index (χ1) is 22.1. The van der Waals surface area contributed by atoms with E-state index in [1.165, 1.54) is 49.5 Å². The van der Waals surface area contributed by atoms with Gasteiger partial charge in [0.05, 0.1) is 24.8 Å². The van der Waals surface area contributed by atoms with Gasteiger partial charge in [-0.05, 0) is 66.6 Å². The molecule has 46 heavy (non-hydrogen) atoms. The number of likely N-dealkylation sites (N-methyl/N-ethyl adjacent to an activating group) is 1. The number of sulfonamides is 1. The van der Waals surface area contributed by atoms with Crippen LogP contribution in [0, 0.1) is 5.82 Å². The van der Waals surface area contributed by atoms with Crippen LogP contribution in [-0.4, -0.2) is 58.5 Å². The Hall–Kier alpha value is -4.61. The van der Waals surface area contributed by atoms with Crippen molar-refractivity contribution in [2.75, 3.05) is 31.6 Å². The highest BCUT2D eigenvalue weighted by atomic mass is 35.5. The Balaban J connectivity index is 1.81. The monoisotopic (exact) mass is 667 g/mol. The molecule has 1 atom stereocenters. The van der Waals surface area contributed by atoms with Crippen LogP contribution in [-0.2, 0) is 32.6 Å². The maximum absolute atomic E-state index is 14.4. The van der Waals surface area contributed by atoms with Crippen LogP contribution >= 0.6 is 11.6 Å². The van der Waals surface area contributed by atoms with Crippen molar-refractivity contribution in [3.8, 4) is 11.5 Å². The summed E-state index contributed by atoms with van der Waals surface area (Å²) in [6.45, 7) is 1.39. The van der Waals surface area contributed by atoms with Crippen LogP contribution in [0.3, 0.4) is 0 Å². The summed E-state index contributed by atoms with van der Waals surface area (Å²) >= 11 is 6.11. The number of ether oxygens (including phenoxy) is 2. The van der Waals surface area contributed by atoms with Crippen molar-refractivity contribution in [3.63, 3.8) is 0 Å². The lowest BCUT2D eigenvalue weighted by Crippen LogP contribution is -2.53.